The summed E-state index contributed by atoms with van der Waals surface area (Å²) in [5.41, 5.74) is 1.12. The highest BCUT2D eigenvalue weighted by Gasteiger charge is 2.16. The van der Waals surface area contributed by atoms with Crippen LogP contribution < -0.4 is 0 Å². The van der Waals surface area contributed by atoms with Crippen LogP contribution in [0.25, 0.3) is 0 Å². The van der Waals surface area contributed by atoms with Crippen LogP contribution in [0, 0.1) is 5.92 Å². The van der Waals surface area contributed by atoms with Crippen molar-refractivity contribution in [1.29, 1.82) is 0 Å². The Balaban J connectivity index is 1.89. The van der Waals surface area contributed by atoms with Crippen molar-refractivity contribution in [2.45, 2.75) is 19.4 Å². The molecule has 1 N–H and O–H groups in total. The number of aromatic hydroxyl groups is 1. The zero-order valence-electron chi connectivity index (χ0n) is 10.7. The van der Waals surface area contributed by atoms with Gasteiger partial charge in [0.2, 0.25) is 0 Å². The van der Waals surface area contributed by atoms with E-state index in [-0.39, 0.29) is 0 Å². The highest BCUT2D eigenvalue weighted by atomic mass is 79.9. The number of benzene rings is 1. The third-order valence-corrected chi connectivity index (χ3v) is 4.07. The number of halogens is 1. The first-order chi connectivity index (χ1) is 8.65. The third kappa shape index (κ3) is 3.97. The molecule has 0 bridgehead atoms. The highest BCUT2D eigenvalue weighted by molar-refractivity contribution is 9.10. The van der Waals surface area contributed by atoms with Gasteiger partial charge in [-0.15, -0.1) is 0 Å². The molecule has 0 amide bonds. The number of ether oxygens (including phenoxy) is 1. The quantitative estimate of drug-likeness (QED) is 0.927. The zero-order chi connectivity index (χ0) is 13.0. The summed E-state index contributed by atoms with van der Waals surface area (Å²) < 4.78 is 6.55. The minimum absolute atomic E-state index is 0.322. The predicted octanol–water partition coefficient (Wildman–Crippen LogP) is 3.01. The van der Waals surface area contributed by atoms with Gasteiger partial charge in [-0.25, -0.2) is 0 Å². The maximum atomic E-state index is 9.51. The van der Waals surface area contributed by atoms with Gasteiger partial charge in [0.1, 0.15) is 5.75 Å². The molecule has 2 rings (SSSR count). The molecule has 0 aromatic heterocycles. The highest BCUT2D eigenvalue weighted by Crippen LogP contribution is 2.23. The van der Waals surface area contributed by atoms with E-state index in [0.29, 0.717) is 11.7 Å². The molecular formula is C14H20BrNO2. The van der Waals surface area contributed by atoms with Crippen LogP contribution in [0.15, 0.2) is 22.7 Å². The van der Waals surface area contributed by atoms with Gasteiger partial charge in [0.25, 0.3) is 0 Å². The van der Waals surface area contributed by atoms with Crippen molar-refractivity contribution < 1.29 is 9.84 Å². The molecule has 3 nitrogen and oxygen atoms in total. The van der Waals surface area contributed by atoms with Crippen LogP contribution in [-0.2, 0) is 11.3 Å². The van der Waals surface area contributed by atoms with Gasteiger partial charge in [0, 0.05) is 24.2 Å². The van der Waals surface area contributed by atoms with Gasteiger partial charge in [0.15, 0.2) is 0 Å². The minimum atomic E-state index is 0.322. The largest absolute Gasteiger partial charge is 0.508 e. The standard InChI is InChI=1S/C14H20BrNO2/c1-16(8-11-3-2-6-18-10-11)9-12-7-13(17)4-5-14(12)15/h4-5,7,11,17H,2-3,6,8-10H2,1H3. The lowest BCUT2D eigenvalue weighted by atomic mass is 10.0. The second-order valence-electron chi connectivity index (χ2n) is 5.06. The van der Waals surface area contributed by atoms with Crippen molar-refractivity contribution in [2.24, 2.45) is 5.92 Å². The van der Waals surface area contributed by atoms with Gasteiger partial charge in [0.05, 0.1) is 6.61 Å². The summed E-state index contributed by atoms with van der Waals surface area (Å²) >= 11 is 3.52. The lowest BCUT2D eigenvalue weighted by molar-refractivity contribution is 0.0411. The molecule has 1 aliphatic heterocycles. The van der Waals surface area contributed by atoms with Crippen molar-refractivity contribution in [3.8, 4) is 5.75 Å². The van der Waals surface area contributed by atoms with Gasteiger partial charge in [-0.3, -0.25) is 0 Å². The molecule has 1 aromatic rings. The Labute approximate surface area is 117 Å². The van der Waals surface area contributed by atoms with Crippen LogP contribution in [0.3, 0.4) is 0 Å². The van der Waals surface area contributed by atoms with Crippen molar-refractivity contribution in [1.82, 2.24) is 4.90 Å². The normalized spacial score (nSPS) is 20.3. The van der Waals surface area contributed by atoms with E-state index in [0.717, 1.165) is 36.3 Å². The number of nitrogens with zero attached hydrogens (tertiary/aromatic N) is 1. The fourth-order valence-corrected chi connectivity index (χ4v) is 2.80. The van der Waals surface area contributed by atoms with Crippen molar-refractivity contribution in [2.75, 3.05) is 26.8 Å². The van der Waals surface area contributed by atoms with Crippen molar-refractivity contribution in [3.63, 3.8) is 0 Å². The van der Waals surface area contributed by atoms with Crippen LogP contribution in [0.4, 0.5) is 0 Å². The summed E-state index contributed by atoms with van der Waals surface area (Å²) in [7, 11) is 2.12. The lowest BCUT2D eigenvalue weighted by Crippen LogP contribution is -2.30. The van der Waals surface area contributed by atoms with Gasteiger partial charge >= 0.3 is 0 Å². The molecule has 1 atom stereocenters. The summed E-state index contributed by atoms with van der Waals surface area (Å²) in [6.45, 7) is 3.68. The van der Waals surface area contributed by atoms with Crippen LogP contribution in [0.1, 0.15) is 18.4 Å². The van der Waals surface area contributed by atoms with Crippen LogP contribution in [0.2, 0.25) is 0 Å². The van der Waals surface area contributed by atoms with E-state index in [1.165, 1.54) is 12.8 Å². The molecule has 1 saturated heterocycles. The SMILES string of the molecule is CN(Cc1cc(O)ccc1Br)CC1CCCOC1. The molecule has 1 aliphatic rings. The summed E-state index contributed by atoms with van der Waals surface area (Å²) in [5, 5.41) is 9.51. The number of phenols is 1. The van der Waals surface area contributed by atoms with Gasteiger partial charge < -0.3 is 14.7 Å². The summed E-state index contributed by atoms with van der Waals surface area (Å²) in [5.74, 6) is 0.961. The minimum Gasteiger partial charge on any atom is -0.508 e. The average molecular weight is 314 g/mol. The van der Waals surface area contributed by atoms with E-state index in [9.17, 15) is 5.11 Å². The van der Waals surface area contributed by atoms with Gasteiger partial charge in [-0.05, 0) is 49.6 Å². The lowest BCUT2D eigenvalue weighted by Gasteiger charge is -2.27. The second-order valence-corrected chi connectivity index (χ2v) is 5.91. The van der Waals surface area contributed by atoms with Gasteiger partial charge in [-0.2, -0.15) is 0 Å². The first kappa shape index (κ1) is 13.8. The van der Waals surface area contributed by atoms with Crippen LogP contribution in [0.5, 0.6) is 5.75 Å². The molecule has 1 aromatic carbocycles. The molecule has 0 spiro atoms. The van der Waals surface area contributed by atoms with E-state index < -0.39 is 0 Å². The molecular weight excluding hydrogens is 294 g/mol. The number of rotatable bonds is 4. The van der Waals surface area contributed by atoms with Crippen molar-refractivity contribution in [3.05, 3.63) is 28.2 Å². The van der Waals surface area contributed by atoms with Crippen LogP contribution >= 0.6 is 15.9 Å². The van der Waals surface area contributed by atoms with E-state index >= 15 is 0 Å². The second kappa shape index (κ2) is 6.55. The summed E-state index contributed by atoms with van der Waals surface area (Å²) in [6.07, 6.45) is 2.43. The third-order valence-electron chi connectivity index (χ3n) is 3.29. The molecule has 100 valence electrons. The molecule has 4 heteroatoms. The monoisotopic (exact) mass is 313 g/mol. The Morgan fingerprint density at radius 3 is 3.06 bits per heavy atom. The molecule has 0 saturated carbocycles. The van der Waals surface area contributed by atoms with E-state index in [1.54, 1.807) is 6.07 Å². The molecule has 1 unspecified atom stereocenters. The van der Waals surface area contributed by atoms with E-state index in [4.69, 9.17) is 4.74 Å². The molecule has 18 heavy (non-hydrogen) atoms. The fraction of sp³-hybridized carbons (Fsp3) is 0.571. The Kier molecular flexibility index (Phi) is 5.03. The molecule has 0 aliphatic carbocycles. The van der Waals surface area contributed by atoms with E-state index in [1.807, 2.05) is 12.1 Å². The number of phenolic OH excluding ortho intramolecular Hbond substituents is 1. The average Bonchev–Trinajstić information content (AvgIpc) is 2.35. The molecule has 1 fully saturated rings. The van der Waals surface area contributed by atoms with Gasteiger partial charge in [-0.1, -0.05) is 15.9 Å². The molecule has 1 heterocycles. The van der Waals surface area contributed by atoms with Crippen molar-refractivity contribution >= 4 is 15.9 Å². The Morgan fingerprint density at radius 1 is 1.50 bits per heavy atom. The maximum Gasteiger partial charge on any atom is 0.115 e. The topological polar surface area (TPSA) is 32.7 Å². The Hall–Kier alpha value is -0.580. The first-order valence-electron chi connectivity index (χ1n) is 6.39. The summed E-state index contributed by atoms with van der Waals surface area (Å²) in [6, 6.07) is 5.41. The first-order valence-corrected chi connectivity index (χ1v) is 7.18. The maximum absolute atomic E-state index is 9.51. The van der Waals surface area contributed by atoms with E-state index in [2.05, 4.69) is 27.9 Å². The fourth-order valence-electron chi connectivity index (χ4n) is 2.43. The summed E-state index contributed by atoms with van der Waals surface area (Å²) in [4.78, 5) is 2.29. The number of hydrogen-bond acceptors (Lipinski definition) is 3. The zero-order valence-corrected chi connectivity index (χ0v) is 12.3. The smallest absolute Gasteiger partial charge is 0.115 e. The van der Waals surface area contributed by atoms with Crippen LogP contribution in [-0.4, -0.2) is 36.8 Å². The Bertz CT molecular complexity index is 391. The molecule has 0 radical (unpaired) electrons. The Morgan fingerprint density at radius 2 is 2.33 bits per heavy atom. The predicted molar refractivity (Wildman–Crippen MR) is 75.7 cm³/mol. The number of hydrogen-bond donors (Lipinski definition) is 1.